The first-order valence-electron chi connectivity index (χ1n) is 8.15. The fourth-order valence-electron chi connectivity index (χ4n) is 2.83. The molecule has 0 radical (unpaired) electrons. The monoisotopic (exact) mass is 352 g/mol. The Morgan fingerprint density at radius 2 is 2.23 bits per heavy atom. The fourth-order valence-corrected chi connectivity index (χ4v) is 2.83. The molecule has 26 heavy (non-hydrogen) atoms. The SMILES string of the molecule is O=[N+]([O-])c1cn2c(n1)OC[C@@H](OCc1cccc(-c3ccccn3)c1)C2. The van der Waals surface area contributed by atoms with Crippen LogP contribution in [-0.4, -0.2) is 32.2 Å². The summed E-state index contributed by atoms with van der Waals surface area (Å²) in [6.45, 7) is 1.20. The molecule has 3 aromatic rings. The number of aromatic nitrogens is 3. The lowest BCUT2D eigenvalue weighted by Crippen LogP contribution is -2.32. The van der Waals surface area contributed by atoms with Gasteiger partial charge in [-0.05, 0) is 28.7 Å². The second-order valence-electron chi connectivity index (χ2n) is 5.95. The largest absolute Gasteiger partial charge is 0.443 e. The molecular weight excluding hydrogens is 336 g/mol. The van der Waals surface area contributed by atoms with Gasteiger partial charge < -0.3 is 19.6 Å². The van der Waals surface area contributed by atoms with Crippen LogP contribution < -0.4 is 4.74 Å². The maximum atomic E-state index is 10.8. The number of hydrogen-bond acceptors (Lipinski definition) is 6. The lowest BCUT2D eigenvalue weighted by atomic mass is 10.1. The first-order chi connectivity index (χ1) is 12.7. The van der Waals surface area contributed by atoms with Crippen molar-refractivity contribution < 1.29 is 14.4 Å². The van der Waals surface area contributed by atoms with Gasteiger partial charge in [-0.3, -0.25) is 9.55 Å². The van der Waals surface area contributed by atoms with Gasteiger partial charge >= 0.3 is 11.8 Å². The molecule has 8 nitrogen and oxygen atoms in total. The van der Waals surface area contributed by atoms with Crippen molar-refractivity contribution in [1.29, 1.82) is 0 Å². The molecule has 1 aromatic carbocycles. The molecule has 2 aromatic heterocycles. The molecule has 1 aliphatic heterocycles. The second kappa shape index (κ2) is 6.93. The van der Waals surface area contributed by atoms with Crippen molar-refractivity contribution in [3.05, 3.63) is 70.5 Å². The van der Waals surface area contributed by atoms with Gasteiger partial charge in [0.1, 0.15) is 18.9 Å². The van der Waals surface area contributed by atoms with E-state index in [1.165, 1.54) is 6.20 Å². The van der Waals surface area contributed by atoms with E-state index in [2.05, 4.69) is 9.97 Å². The van der Waals surface area contributed by atoms with Gasteiger partial charge in [-0.15, -0.1) is 0 Å². The van der Waals surface area contributed by atoms with E-state index in [1.54, 1.807) is 10.8 Å². The van der Waals surface area contributed by atoms with Crippen molar-refractivity contribution >= 4 is 5.82 Å². The normalized spacial score (nSPS) is 15.9. The van der Waals surface area contributed by atoms with E-state index in [9.17, 15) is 10.1 Å². The summed E-state index contributed by atoms with van der Waals surface area (Å²) >= 11 is 0. The zero-order valence-electron chi connectivity index (χ0n) is 13.8. The number of benzene rings is 1. The molecule has 8 heteroatoms. The minimum Gasteiger partial charge on any atom is -0.443 e. The molecular formula is C18H16N4O4. The van der Waals surface area contributed by atoms with Crippen molar-refractivity contribution in [1.82, 2.24) is 14.5 Å². The van der Waals surface area contributed by atoms with Crippen LogP contribution in [0.1, 0.15) is 5.56 Å². The van der Waals surface area contributed by atoms with E-state index < -0.39 is 4.92 Å². The Kier molecular flexibility index (Phi) is 4.32. The van der Waals surface area contributed by atoms with E-state index in [1.807, 2.05) is 42.5 Å². The Hall–Kier alpha value is -3.26. The van der Waals surface area contributed by atoms with Crippen molar-refractivity contribution in [2.24, 2.45) is 0 Å². The molecule has 0 aliphatic carbocycles. The number of nitrogens with zero attached hydrogens (tertiary/aromatic N) is 4. The Morgan fingerprint density at radius 3 is 3.04 bits per heavy atom. The number of rotatable bonds is 5. The van der Waals surface area contributed by atoms with Crippen LogP contribution in [0.4, 0.5) is 5.82 Å². The predicted molar refractivity (Wildman–Crippen MR) is 92.6 cm³/mol. The minimum absolute atomic E-state index is 0.199. The van der Waals surface area contributed by atoms with Crippen molar-refractivity contribution in [2.45, 2.75) is 19.3 Å². The lowest BCUT2D eigenvalue weighted by molar-refractivity contribution is -0.389. The maximum absolute atomic E-state index is 10.8. The summed E-state index contributed by atoms with van der Waals surface area (Å²) in [4.78, 5) is 18.4. The topological polar surface area (TPSA) is 92.3 Å². The second-order valence-corrected chi connectivity index (χ2v) is 5.95. The van der Waals surface area contributed by atoms with Crippen molar-refractivity contribution in [2.75, 3.05) is 6.61 Å². The molecule has 132 valence electrons. The van der Waals surface area contributed by atoms with Gasteiger partial charge in [-0.2, -0.15) is 0 Å². The van der Waals surface area contributed by atoms with Gasteiger partial charge in [0.15, 0.2) is 0 Å². The summed E-state index contributed by atoms with van der Waals surface area (Å²) in [6, 6.07) is 14.1. The molecule has 0 unspecified atom stereocenters. The highest BCUT2D eigenvalue weighted by atomic mass is 16.6. The van der Waals surface area contributed by atoms with E-state index in [0.29, 0.717) is 19.8 Å². The molecule has 3 heterocycles. The van der Waals surface area contributed by atoms with Crippen molar-refractivity contribution in [3.63, 3.8) is 0 Å². The van der Waals surface area contributed by atoms with Crippen LogP contribution in [0, 0.1) is 10.1 Å². The maximum Gasteiger partial charge on any atom is 0.414 e. The van der Waals surface area contributed by atoms with Gasteiger partial charge in [0.2, 0.25) is 0 Å². The van der Waals surface area contributed by atoms with E-state index in [0.717, 1.165) is 16.8 Å². The summed E-state index contributed by atoms with van der Waals surface area (Å²) in [5.74, 6) is -0.219. The number of nitro groups is 1. The van der Waals surface area contributed by atoms with Crippen LogP contribution in [-0.2, 0) is 17.9 Å². The average Bonchev–Trinajstić information content (AvgIpc) is 3.11. The Morgan fingerprint density at radius 1 is 1.31 bits per heavy atom. The Balaban J connectivity index is 1.41. The summed E-state index contributed by atoms with van der Waals surface area (Å²) in [5, 5.41) is 10.8. The first-order valence-corrected chi connectivity index (χ1v) is 8.15. The number of ether oxygens (including phenoxy) is 2. The molecule has 1 aliphatic rings. The molecule has 0 bridgehead atoms. The summed E-state index contributed by atoms with van der Waals surface area (Å²) in [7, 11) is 0. The summed E-state index contributed by atoms with van der Waals surface area (Å²) < 4.78 is 13.0. The summed E-state index contributed by atoms with van der Waals surface area (Å²) in [6.07, 6.45) is 2.93. The van der Waals surface area contributed by atoms with Gasteiger partial charge in [-0.1, -0.05) is 24.3 Å². The van der Waals surface area contributed by atoms with Crippen LogP contribution in [0.5, 0.6) is 6.01 Å². The molecule has 0 spiro atoms. The fraction of sp³-hybridized carbons (Fsp3) is 0.222. The van der Waals surface area contributed by atoms with Gasteiger partial charge in [-0.25, -0.2) is 0 Å². The lowest BCUT2D eigenvalue weighted by Gasteiger charge is -2.22. The molecule has 0 fully saturated rings. The van der Waals surface area contributed by atoms with Gasteiger partial charge in [0, 0.05) is 16.7 Å². The van der Waals surface area contributed by atoms with Crippen LogP contribution in [0.25, 0.3) is 11.3 Å². The standard InChI is InChI=1S/C18H16N4O4/c23-22(24)17-10-21-9-15(12-26-18(21)20-17)25-11-13-4-3-5-14(8-13)16-6-1-2-7-19-16/h1-8,10,15H,9,11-12H2/t15-/m0/s1. The number of fused-ring (bicyclic) bond motifs is 1. The zero-order chi connectivity index (χ0) is 17.9. The molecule has 0 N–H and O–H groups in total. The average molecular weight is 352 g/mol. The molecule has 1 atom stereocenters. The highest BCUT2D eigenvalue weighted by molar-refractivity contribution is 5.59. The minimum atomic E-state index is -0.534. The number of imidazole rings is 1. The highest BCUT2D eigenvalue weighted by Crippen LogP contribution is 2.23. The number of pyridine rings is 1. The molecule has 0 amide bonds. The third kappa shape index (κ3) is 3.40. The predicted octanol–water partition coefficient (Wildman–Crippen LogP) is 2.83. The molecule has 0 saturated carbocycles. The third-order valence-electron chi connectivity index (χ3n) is 4.09. The highest BCUT2D eigenvalue weighted by Gasteiger charge is 2.28. The Labute approximate surface area is 149 Å². The third-order valence-corrected chi connectivity index (χ3v) is 4.09. The van der Waals surface area contributed by atoms with E-state index >= 15 is 0 Å². The van der Waals surface area contributed by atoms with Gasteiger partial charge in [0.05, 0.1) is 18.8 Å². The summed E-state index contributed by atoms with van der Waals surface area (Å²) in [5.41, 5.74) is 2.96. The number of hydrogen-bond donors (Lipinski definition) is 0. The van der Waals surface area contributed by atoms with E-state index in [4.69, 9.17) is 9.47 Å². The Bertz CT molecular complexity index is 926. The van der Waals surface area contributed by atoms with Crippen molar-refractivity contribution in [3.8, 4) is 17.3 Å². The quantitative estimate of drug-likeness (QED) is 0.518. The molecule has 0 saturated heterocycles. The smallest absolute Gasteiger partial charge is 0.414 e. The van der Waals surface area contributed by atoms with E-state index in [-0.39, 0.29) is 17.9 Å². The zero-order valence-corrected chi connectivity index (χ0v) is 13.8. The van der Waals surface area contributed by atoms with Crippen LogP contribution in [0.15, 0.2) is 54.9 Å². The van der Waals surface area contributed by atoms with Crippen LogP contribution in [0.3, 0.4) is 0 Å². The molecule has 4 rings (SSSR count). The van der Waals surface area contributed by atoms with Gasteiger partial charge in [0.25, 0.3) is 0 Å². The van der Waals surface area contributed by atoms with Crippen LogP contribution in [0.2, 0.25) is 0 Å². The van der Waals surface area contributed by atoms with Crippen LogP contribution >= 0.6 is 0 Å². The first kappa shape index (κ1) is 16.2.